The van der Waals surface area contributed by atoms with E-state index in [0.29, 0.717) is 12.8 Å². The molecule has 0 amide bonds. The molecule has 5 nitrogen and oxygen atoms in total. The molecule has 0 saturated carbocycles. The third-order valence-electron chi connectivity index (χ3n) is 14.6. The van der Waals surface area contributed by atoms with E-state index in [1.54, 1.807) is 0 Å². The zero-order valence-corrected chi connectivity index (χ0v) is 56.4. The van der Waals surface area contributed by atoms with Crippen LogP contribution in [0.2, 0.25) is 0 Å². The fourth-order valence-corrected chi connectivity index (χ4v) is 9.33. The summed E-state index contributed by atoms with van der Waals surface area (Å²) < 4.78 is 10.7. The minimum Gasteiger partial charge on any atom is -0.462 e. The highest BCUT2D eigenvalue weighted by molar-refractivity contribution is 5.70. The minimum atomic E-state index is -0.811. The second-order valence-corrected chi connectivity index (χ2v) is 22.8. The van der Waals surface area contributed by atoms with Gasteiger partial charge in [-0.25, -0.2) is 0 Å². The van der Waals surface area contributed by atoms with Gasteiger partial charge in [0.2, 0.25) is 0 Å². The predicted molar refractivity (Wildman–Crippen MR) is 389 cm³/mol. The van der Waals surface area contributed by atoms with Gasteiger partial charge >= 0.3 is 11.9 Å². The highest BCUT2D eigenvalue weighted by atomic mass is 16.6. The number of aliphatic hydroxyl groups excluding tert-OH is 1. The maximum atomic E-state index is 12.4. The highest BCUT2D eigenvalue weighted by Crippen LogP contribution is 2.16. The van der Waals surface area contributed by atoms with Crippen LogP contribution in [-0.4, -0.2) is 36.4 Å². The average molecular weight is 1210 g/mol. The zero-order valence-electron chi connectivity index (χ0n) is 56.4. The number of unbranched alkanes of at least 4 members (excludes halogenated alkanes) is 21. The Kier molecular flexibility index (Phi) is 71.0. The van der Waals surface area contributed by atoms with Crippen molar-refractivity contribution in [3.8, 4) is 0 Å². The van der Waals surface area contributed by atoms with E-state index in [-0.39, 0.29) is 31.6 Å². The first kappa shape index (κ1) is 82.5. The number of allylic oxidation sites excluding steroid dienone is 34. The van der Waals surface area contributed by atoms with Crippen LogP contribution in [0, 0.1) is 0 Å². The summed E-state index contributed by atoms with van der Waals surface area (Å²) in [6.45, 7) is 3.88. The number of aliphatic hydroxyl groups is 1. The van der Waals surface area contributed by atoms with Gasteiger partial charge in [0.05, 0.1) is 6.61 Å². The number of esters is 2. The van der Waals surface area contributed by atoms with E-state index in [9.17, 15) is 14.7 Å². The van der Waals surface area contributed by atoms with Crippen LogP contribution in [-0.2, 0) is 19.1 Å². The van der Waals surface area contributed by atoms with E-state index in [1.807, 2.05) is 0 Å². The van der Waals surface area contributed by atoms with Crippen molar-refractivity contribution >= 4 is 11.9 Å². The maximum absolute atomic E-state index is 12.4. The van der Waals surface area contributed by atoms with Crippen molar-refractivity contribution < 1.29 is 24.2 Å². The van der Waals surface area contributed by atoms with Gasteiger partial charge in [0.1, 0.15) is 6.61 Å². The van der Waals surface area contributed by atoms with Gasteiger partial charge in [0.25, 0.3) is 0 Å². The molecule has 88 heavy (non-hydrogen) atoms. The average Bonchev–Trinajstić information content (AvgIpc) is 3.54. The second kappa shape index (κ2) is 75.7. The summed E-state index contributed by atoms with van der Waals surface area (Å²) in [5.74, 6) is -0.649. The van der Waals surface area contributed by atoms with Gasteiger partial charge in [-0.2, -0.15) is 0 Å². The Bertz CT molecular complexity index is 2050. The van der Waals surface area contributed by atoms with Crippen LogP contribution in [0.4, 0.5) is 0 Å². The molecule has 0 aliphatic carbocycles. The monoisotopic (exact) mass is 1210 g/mol. The Hall–Kier alpha value is -5.52. The maximum Gasteiger partial charge on any atom is 0.306 e. The minimum absolute atomic E-state index is 0.0942. The van der Waals surface area contributed by atoms with Gasteiger partial charge in [-0.05, 0) is 148 Å². The highest BCUT2D eigenvalue weighted by Gasteiger charge is 2.16. The first-order valence-electron chi connectivity index (χ1n) is 35.6. The lowest BCUT2D eigenvalue weighted by molar-refractivity contribution is -0.161. The van der Waals surface area contributed by atoms with Crippen LogP contribution in [0.5, 0.6) is 0 Å². The Balaban J connectivity index is 3.62. The normalized spacial score (nSPS) is 13.5. The molecule has 0 aromatic heterocycles. The summed E-state index contributed by atoms with van der Waals surface area (Å²) in [5.41, 5.74) is 0. The van der Waals surface area contributed by atoms with Gasteiger partial charge in [0, 0.05) is 12.8 Å². The summed E-state index contributed by atoms with van der Waals surface area (Å²) in [4.78, 5) is 24.6. The molecule has 0 aliphatic heterocycles. The molecular formula is C83H130O5. The molecule has 1 N–H and O–H groups in total. The van der Waals surface area contributed by atoms with Crippen molar-refractivity contribution in [2.24, 2.45) is 0 Å². The number of hydrogen-bond donors (Lipinski definition) is 1. The van der Waals surface area contributed by atoms with E-state index < -0.39 is 6.10 Å². The standard InChI is InChI=1S/C83H130O5/c1-3-5-7-9-11-13-15-17-19-21-23-25-27-29-31-33-35-37-39-40-41-42-44-46-48-50-52-54-56-58-60-62-64-66-68-70-72-74-76-78-83(86)88-81(79-84)80-87-82(85)77-75-73-71-69-67-65-63-61-59-57-55-53-51-49-47-45-43-38-36-34-32-30-28-26-24-22-20-18-16-14-12-10-8-6-4-2/h5-8,11-14,17-20,23-26,29-32,35,37,40-41,44,46,50,52,56,58,62,64,68,70,81,84H,3-4,9-10,15-16,21-22,27-28,33-34,36,38-39,42-43,45,47-49,51,53-55,57,59-61,63,65-67,69,71-80H2,1-2H3/b7-5-,8-6-,13-11-,14-12-,19-17-,20-18-,25-23-,26-24-,31-29-,32-30-,37-35-,41-40-,46-44-,52-50-,58-56-,64-62-,70-68-. The van der Waals surface area contributed by atoms with E-state index in [2.05, 4.69) is 220 Å². The molecule has 0 fully saturated rings. The van der Waals surface area contributed by atoms with Crippen LogP contribution in [0.15, 0.2) is 207 Å². The molecule has 5 heteroatoms. The zero-order chi connectivity index (χ0) is 63.3. The van der Waals surface area contributed by atoms with Gasteiger partial charge < -0.3 is 14.6 Å². The largest absolute Gasteiger partial charge is 0.462 e. The molecule has 1 atom stereocenters. The molecular weight excluding hydrogens is 1080 g/mol. The first-order chi connectivity index (χ1) is 43.6. The lowest BCUT2D eigenvalue weighted by Gasteiger charge is -2.15. The summed E-state index contributed by atoms with van der Waals surface area (Å²) in [6.07, 6.45) is 121. The lowest BCUT2D eigenvalue weighted by atomic mass is 10.0. The van der Waals surface area contributed by atoms with Crippen LogP contribution < -0.4 is 0 Å². The molecule has 0 aromatic carbocycles. The van der Waals surface area contributed by atoms with Crippen molar-refractivity contribution in [2.75, 3.05) is 13.2 Å². The molecule has 0 bridgehead atoms. The Labute approximate surface area is 542 Å². The van der Waals surface area contributed by atoms with Crippen LogP contribution >= 0.6 is 0 Å². The molecule has 492 valence electrons. The molecule has 0 rings (SSSR count). The molecule has 0 aromatic rings. The molecule has 1 unspecified atom stereocenters. The van der Waals surface area contributed by atoms with E-state index in [0.717, 1.165) is 141 Å². The van der Waals surface area contributed by atoms with Crippen molar-refractivity contribution in [3.63, 3.8) is 0 Å². The Morgan fingerprint density at radius 1 is 0.261 bits per heavy atom. The Morgan fingerprint density at radius 2 is 0.455 bits per heavy atom. The molecule has 0 spiro atoms. The quantitative estimate of drug-likeness (QED) is 0.0373. The van der Waals surface area contributed by atoms with Gasteiger partial charge in [-0.3, -0.25) is 9.59 Å². The number of ether oxygens (including phenoxy) is 2. The van der Waals surface area contributed by atoms with Crippen molar-refractivity contribution in [1.29, 1.82) is 0 Å². The number of rotatable bonds is 63. The van der Waals surface area contributed by atoms with Crippen molar-refractivity contribution in [2.45, 2.75) is 290 Å². The third-order valence-corrected chi connectivity index (χ3v) is 14.6. The molecule has 0 aliphatic rings. The van der Waals surface area contributed by atoms with Crippen LogP contribution in [0.3, 0.4) is 0 Å². The second-order valence-electron chi connectivity index (χ2n) is 22.8. The van der Waals surface area contributed by atoms with E-state index in [4.69, 9.17) is 9.47 Å². The molecule has 0 saturated heterocycles. The van der Waals surface area contributed by atoms with Gasteiger partial charge in [-0.1, -0.05) is 330 Å². The summed E-state index contributed by atoms with van der Waals surface area (Å²) in [5, 5.41) is 9.70. The number of carbonyl (C=O) groups excluding carboxylic acids is 2. The van der Waals surface area contributed by atoms with Gasteiger partial charge in [0.15, 0.2) is 6.10 Å². The number of carbonyl (C=O) groups is 2. The smallest absolute Gasteiger partial charge is 0.306 e. The van der Waals surface area contributed by atoms with Crippen LogP contribution in [0.1, 0.15) is 284 Å². The van der Waals surface area contributed by atoms with Crippen LogP contribution in [0.25, 0.3) is 0 Å². The lowest BCUT2D eigenvalue weighted by Crippen LogP contribution is -2.28. The van der Waals surface area contributed by atoms with Crippen molar-refractivity contribution in [3.05, 3.63) is 207 Å². The van der Waals surface area contributed by atoms with Crippen molar-refractivity contribution in [1.82, 2.24) is 0 Å². The summed E-state index contributed by atoms with van der Waals surface area (Å²) >= 11 is 0. The third kappa shape index (κ3) is 73.0. The van der Waals surface area contributed by atoms with Gasteiger partial charge in [-0.15, -0.1) is 0 Å². The Morgan fingerprint density at radius 3 is 0.705 bits per heavy atom. The summed E-state index contributed by atoms with van der Waals surface area (Å²) in [7, 11) is 0. The fraction of sp³-hybridized carbons (Fsp3) is 0.566. The van der Waals surface area contributed by atoms with E-state index in [1.165, 1.54) is 109 Å². The fourth-order valence-electron chi connectivity index (χ4n) is 9.33. The molecule has 0 radical (unpaired) electrons. The van der Waals surface area contributed by atoms with E-state index >= 15 is 0 Å². The SMILES string of the molecule is CC/C=C\C/C=C\C/C=C\C/C=C\C/C=C\C/C=C\C/C=C\C/C=C\C/C=C\C/C=C\C/C=C\C/C=C\CCCCC(=O)OC(CO)COC(=O)CCCCCCCCCCCCCCCCCCCCC/C=C\C/C=C\C/C=C\C/C=C\C/C=C\CC. The molecule has 0 heterocycles. The first-order valence-corrected chi connectivity index (χ1v) is 35.6. The summed E-state index contributed by atoms with van der Waals surface area (Å²) in [6, 6.07) is 0. The topological polar surface area (TPSA) is 72.8 Å². The number of hydrogen-bond acceptors (Lipinski definition) is 5. The predicted octanol–water partition coefficient (Wildman–Crippen LogP) is 25.3.